The minimum absolute atomic E-state index is 0.313. The van der Waals surface area contributed by atoms with Crippen molar-refractivity contribution >= 4 is 0 Å². The summed E-state index contributed by atoms with van der Waals surface area (Å²) in [5, 5.41) is 0. The maximum absolute atomic E-state index is 2.58. The van der Waals surface area contributed by atoms with Gasteiger partial charge in [0.05, 0.1) is 0 Å². The molecule has 4 aliphatic carbocycles. The standard InChI is InChI=1S/C26H36/c1-16-14-21-19-12-8-9-13-20(19)23-18-11-7-6-10-17(18)15-22(23)24(21)26(4,5)25(16,2)3/h6-7,10-11,16,19-21,23H,8-9,12-15H2,1-5H3. The van der Waals surface area contributed by atoms with Crippen molar-refractivity contribution in [2.24, 2.45) is 34.5 Å². The van der Waals surface area contributed by atoms with Gasteiger partial charge in [-0.3, -0.25) is 0 Å². The van der Waals surface area contributed by atoms with E-state index in [2.05, 4.69) is 58.9 Å². The van der Waals surface area contributed by atoms with E-state index < -0.39 is 0 Å². The lowest BCUT2D eigenvalue weighted by Gasteiger charge is -2.61. The summed E-state index contributed by atoms with van der Waals surface area (Å²) in [5.41, 5.74) is 7.80. The van der Waals surface area contributed by atoms with Crippen LogP contribution in [0.1, 0.15) is 83.8 Å². The Bertz CT molecular complexity index is 762. The molecule has 4 aliphatic rings. The molecule has 2 saturated carbocycles. The van der Waals surface area contributed by atoms with Crippen LogP contribution >= 0.6 is 0 Å². The van der Waals surface area contributed by atoms with Gasteiger partial charge in [0.2, 0.25) is 0 Å². The zero-order valence-corrected chi connectivity index (χ0v) is 17.4. The molecule has 0 N–H and O–H groups in total. The molecule has 0 aromatic heterocycles. The van der Waals surface area contributed by atoms with E-state index in [0.29, 0.717) is 10.8 Å². The fourth-order valence-electron chi connectivity index (χ4n) is 7.60. The SMILES string of the molecule is CC1CC2C(=C3Cc4ccccc4C3C3CCCCC23)C(C)(C)C1(C)C. The quantitative estimate of drug-likeness (QED) is 0.437. The summed E-state index contributed by atoms with van der Waals surface area (Å²) >= 11 is 0. The molecule has 5 atom stereocenters. The third kappa shape index (κ3) is 2.02. The van der Waals surface area contributed by atoms with E-state index in [1.54, 1.807) is 11.1 Å². The molecule has 5 rings (SSSR count). The molecule has 0 spiro atoms. The summed E-state index contributed by atoms with van der Waals surface area (Å²) < 4.78 is 0. The Hall–Kier alpha value is -1.04. The fraction of sp³-hybridized carbons (Fsp3) is 0.692. The van der Waals surface area contributed by atoms with Crippen LogP contribution in [-0.2, 0) is 6.42 Å². The minimum Gasteiger partial charge on any atom is -0.0620 e. The molecule has 0 nitrogen and oxygen atoms in total. The summed E-state index contributed by atoms with van der Waals surface area (Å²) in [6.07, 6.45) is 8.54. The van der Waals surface area contributed by atoms with Crippen LogP contribution in [0.25, 0.3) is 0 Å². The van der Waals surface area contributed by atoms with E-state index in [-0.39, 0.29) is 0 Å². The molecular formula is C26H36. The van der Waals surface area contributed by atoms with Crippen LogP contribution in [-0.4, -0.2) is 0 Å². The molecule has 0 saturated heterocycles. The van der Waals surface area contributed by atoms with E-state index in [4.69, 9.17) is 0 Å². The average molecular weight is 349 g/mol. The summed E-state index contributed by atoms with van der Waals surface area (Å²) in [4.78, 5) is 0. The molecule has 0 heterocycles. The van der Waals surface area contributed by atoms with E-state index in [1.807, 2.05) is 11.1 Å². The number of benzene rings is 1. The molecule has 0 heteroatoms. The zero-order chi connectivity index (χ0) is 18.3. The van der Waals surface area contributed by atoms with Crippen molar-refractivity contribution < 1.29 is 0 Å². The van der Waals surface area contributed by atoms with Gasteiger partial charge in [0.15, 0.2) is 0 Å². The molecule has 0 amide bonds. The van der Waals surface area contributed by atoms with Crippen molar-refractivity contribution in [2.45, 2.75) is 79.1 Å². The normalized spacial score (nSPS) is 39.7. The first-order valence-corrected chi connectivity index (χ1v) is 11.1. The second-order valence-electron chi connectivity index (χ2n) is 11.0. The molecular weight excluding hydrogens is 312 g/mol. The Balaban J connectivity index is 1.75. The maximum atomic E-state index is 2.58. The van der Waals surface area contributed by atoms with Gasteiger partial charge in [-0.2, -0.15) is 0 Å². The lowest BCUT2D eigenvalue weighted by atomic mass is 9.44. The second-order valence-corrected chi connectivity index (χ2v) is 11.0. The number of hydrogen-bond acceptors (Lipinski definition) is 0. The van der Waals surface area contributed by atoms with Gasteiger partial charge in [-0.25, -0.2) is 0 Å². The molecule has 1 aromatic carbocycles. The van der Waals surface area contributed by atoms with Gasteiger partial charge < -0.3 is 0 Å². The highest BCUT2D eigenvalue weighted by molar-refractivity contribution is 5.52. The monoisotopic (exact) mass is 348 g/mol. The van der Waals surface area contributed by atoms with Crippen LogP contribution in [0.3, 0.4) is 0 Å². The zero-order valence-electron chi connectivity index (χ0n) is 17.4. The molecule has 1 aromatic rings. The fourth-order valence-corrected chi connectivity index (χ4v) is 7.60. The van der Waals surface area contributed by atoms with Gasteiger partial charge in [-0.05, 0) is 71.3 Å². The molecule has 5 unspecified atom stereocenters. The Morgan fingerprint density at radius 2 is 1.62 bits per heavy atom. The van der Waals surface area contributed by atoms with Crippen LogP contribution in [0.2, 0.25) is 0 Å². The smallest absolute Gasteiger partial charge is 0.00884 e. The van der Waals surface area contributed by atoms with Crippen LogP contribution in [0, 0.1) is 34.5 Å². The van der Waals surface area contributed by atoms with E-state index in [9.17, 15) is 0 Å². The Morgan fingerprint density at radius 3 is 2.38 bits per heavy atom. The second kappa shape index (κ2) is 5.49. The number of allylic oxidation sites excluding steroid dienone is 2. The van der Waals surface area contributed by atoms with Crippen molar-refractivity contribution in [3.63, 3.8) is 0 Å². The van der Waals surface area contributed by atoms with Gasteiger partial charge in [0, 0.05) is 5.92 Å². The first kappa shape index (κ1) is 17.1. The number of fused-ring (bicyclic) bond motifs is 7. The van der Waals surface area contributed by atoms with Gasteiger partial charge in [0.1, 0.15) is 0 Å². The van der Waals surface area contributed by atoms with E-state index >= 15 is 0 Å². The topological polar surface area (TPSA) is 0 Å². The van der Waals surface area contributed by atoms with Gasteiger partial charge in [0.25, 0.3) is 0 Å². The van der Waals surface area contributed by atoms with Crippen molar-refractivity contribution in [1.29, 1.82) is 0 Å². The summed E-state index contributed by atoms with van der Waals surface area (Å²) in [6, 6.07) is 9.42. The maximum Gasteiger partial charge on any atom is 0.00884 e. The lowest BCUT2D eigenvalue weighted by molar-refractivity contribution is -0.0162. The summed E-state index contributed by atoms with van der Waals surface area (Å²) in [5.74, 6) is 4.27. The first-order valence-electron chi connectivity index (χ1n) is 11.1. The van der Waals surface area contributed by atoms with Crippen LogP contribution in [0.4, 0.5) is 0 Å². The average Bonchev–Trinajstić information content (AvgIpc) is 2.99. The largest absolute Gasteiger partial charge is 0.0620 e. The summed E-state index contributed by atoms with van der Waals surface area (Å²) in [6.45, 7) is 12.8. The van der Waals surface area contributed by atoms with E-state index in [1.165, 1.54) is 38.5 Å². The highest BCUT2D eigenvalue weighted by Gasteiger charge is 2.57. The number of rotatable bonds is 0. The highest BCUT2D eigenvalue weighted by atomic mass is 14.6. The van der Waals surface area contributed by atoms with Gasteiger partial charge in [-0.15, -0.1) is 0 Å². The molecule has 0 radical (unpaired) electrons. The molecule has 26 heavy (non-hydrogen) atoms. The first-order chi connectivity index (χ1) is 12.3. The molecule has 2 fully saturated rings. The van der Waals surface area contributed by atoms with E-state index in [0.717, 1.165) is 29.6 Å². The van der Waals surface area contributed by atoms with Crippen molar-refractivity contribution in [1.82, 2.24) is 0 Å². The molecule has 0 bridgehead atoms. The number of hydrogen-bond donors (Lipinski definition) is 0. The minimum atomic E-state index is 0.313. The molecule has 0 aliphatic heterocycles. The molecule has 140 valence electrons. The third-order valence-electron chi connectivity index (χ3n) is 9.81. The van der Waals surface area contributed by atoms with Gasteiger partial charge >= 0.3 is 0 Å². The lowest BCUT2D eigenvalue weighted by Crippen LogP contribution is -2.52. The highest BCUT2D eigenvalue weighted by Crippen LogP contribution is 2.67. The van der Waals surface area contributed by atoms with Crippen molar-refractivity contribution in [3.8, 4) is 0 Å². The van der Waals surface area contributed by atoms with Crippen LogP contribution < -0.4 is 0 Å². The Kier molecular flexibility index (Phi) is 3.61. The van der Waals surface area contributed by atoms with Crippen LogP contribution in [0.15, 0.2) is 35.4 Å². The van der Waals surface area contributed by atoms with Crippen LogP contribution in [0.5, 0.6) is 0 Å². The van der Waals surface area contributed by atoms with Crippen molar-refractivity contribution in [3.05, 3.63) is 46.5 Å². The predicted molar refractivity (Wildman–Crippen MR) is 110 cm³/mol. The Labute approximate surface area is 160 Å². The van der Waals surface area contributed by atoms with Crippen molar-refractivity contribution in [2.75, 3.05) is 0 Å². The summed E-state index contributed by atoms with van der Waals surface area (Å²) in [7, 11) is 0. The predicted octanol–water partition coefficient (Wildman–Crippen LogP) is 7.15. The van der Waals surface area contributed by atoms with Gasteiger partial charge in [-0.1, -0.05) is 82.9 Å². The Morgan fingerprint density at radius 1 is 0.923 bits per heavy atom. The third-order valence-corrected chi connectivity index (χ3v) is 9.81.